The van der Waals surface area contributed by atoms with Gasteiger partial charge in [-0.1, -0.05) is 82.8 Å². The van der Waals surface area contributed by atoms with Gasteiger partial charge in [0.05, 0.1) is 5.56 Å². The summed E-state index contributed by atoms with van der Waals surface area (Å²) in [4.78, 5) is 9.79. The van der Waals surface area contributed by atoms with Gasteiger partial charge in [-0.2, -0.15) is 23.3 Å². The van der Waals surface area contributed by atoms with Crippen molar-refractivity contribution in [1.82, 2.24) is 29.7 Å². The predicted molar refractivity (Wildman–Crippen MR) is 188 cm³/mol. The number of piperazine rings is 1. The minimum atomic E-state index is -4.25. The van der Waals surface area contributed by atoms with Crippen molar-refractivity contribution < 1.29 is 13.2 Å². The molecule has 2 N–H and O–H groups in total. The van der Waals surface area contributed by atoms with E-state index in [9.17, 15) is 13.2 Å². The Morgan fingerprint density at radius 1 is 0.833 bits per heavy atom. The first-order chi connectivity index (χ1) is 23.3. The first kappa shape index (κ1) is 35.7. The van der Waals surface area contributed by atoms with Crippen LogP contribution in [0.15, 0.2) is 48.7 Å². The van der Waals surface area contributed by atoms with Gasteiger partial charge in [0.15, 0.2) is 11.6 Å². The summed E-state index contributed by atoms with van der Waals surface area (Å²) in [6, 6.07) is 12.2. The number of halogens is 3. The van der Waals surface area contributed by atoms with Crippen molar-refractivity contribution in [1.29, 1.82) is 0 Å². The van der Waals surface area contributed by atoms with E-state index in [1.54, 1.807) is 12.1 Å². The van der Waals surface area contributed by atoms with Crippen molar-refractivity contribution in [2.24, 2.45) is 0 Å². The van der Waals surface area contributed by atoms with Crippen LogP contribution in [0.25, 0.3) is 5.52 Å². The number of hydrogen-bond acceptors (Lipinski definition) is 6. The third-order valence-electron chi connectivity index (χ3n) is 9.67. The minimum Gasteiger partial charge on any atom is -0.337 e. The molecule has 11 heteroatoms. The third kappa shape index (κ3) is 10.7. The normalized spacial score (nSPS) is 15.0. The zero-order chi connectivity index (χ0) is 33.8. The Morgan fingerprint density at radius 2 is 1.46 bits per heavy atom. The Balaban J connectivity index is 0.869. The van der Waals surface area contributed by atoms with Gasteiger partial charge in [-0.05, 0) is 62.9 Å². The molecule has 3 aromatic heterocycles. The molecule has 1 aliphatic heterocycles. The molecule has 0 saturated carbocycles. The monoisotopic (exact) mass is 666 g/mol. The maximum Gasteiger partial charge on any atom is 0.416 e. The smallest absolute Gasteiger partial charge is 0.337 e. The summed E-state index contributed by atoms with van der Waals surface area (Å²) < 4.78 is 39.9. The van der Waals surface area contributed by atoms with Crippen LogP contribution in [0.5, 0.6) is 0 Å². The average molecular weight is 667 g/mol. The van der Waals surface area contributed by atoms with Crippen LogP contribution in [-0.4, -0.2) is 61.9 Å². The standard InChI is InChI=1S/C37H53F3N8/c1-29-28-34(44-43-29)41-35-33-18-15-23-48(33)45-36(42-35)47-26-24-46(25-27-47)30(2)16-13-11-9-7-5-3-4-6-8-10-12-14-17-31-19-21-32(22-20-31)37(38,39)40/h15,18-23,28,30H,3-14,16-17,24-27H2,1-2H3,(H2,41,42,43,44,45). The maximum atomic E-state index is 12.7. The molecule has 0 bridgehead atoms. The molecule has 0 radical (unpaired) electrons. The number of anilines is 3. The molecule has 4 heterocycles. The van der Waals surface area contributed by atoms with E-state index in [1.807, 2.05) is 35.8 Å². The van der Waals surface area contributed by atoms with Crippen LogP contribution in [-0.2, 0) is 12.6 Å². The number of aromatic nitrogens is 5. The molecule has 0 spiro atoms. The summed E-state index contributed by atoms with van der Waals surface area (Å²) >= 11 is 0. The van der Waals surface area contributed by atoms with Gasteiger partial charge >= 0.3 is 6.18 Å². The lowest BCUT2D eigenvalue weighted by atomic mass is 10.0. The predicted octanol–water partition coefficient (Wildman–Crippen LogP) is 9.35. The minimum absolute atomic E-state index is 0.564. The fraction of sp³-hybridized carbons (Fsp3) is 0.595. The van der Waals surface area contributed by atoms with Crippen molar-refractivity contribution in [3.05, 3.63) is 65.5 Å². The number of H-pyrrole nitrogens is 1. The molecule has 1 saturated heterocycles. The summed E-state index contributed by atoms with van der Waals surface area (Å²) in [5.41, 5.74) is 2.36. The summed E-state index contributed by atoms with van der Waals surface area (Å²) in [6.45, 7) is 8.24. The summed E-state index contributed by atoms with van der Waals surface area (Å²) in [7, 11) is 0. The van der Waals surface area contributed by atoms with Crippen LogP contribution in [0, 0.1) is 6.92 Å². The summed E-state index contributed by atoms with van der Waals surface area (Å²) in [6.07, 6.45) is 15.1. The number of benzene rings is 1. The molecule has 1 fully saturated rings. The molecule has 8 nitrogen and oxygen atoms in total. The number of fused-ring (bicyclic) bond motifs is 1. The molecule has 4 aromatic rings. The van der Waals surface area contributed by atoms with Gasteiger partial charge in [0.1, 0.15) is 5.52 Å². The highest BCUT2D eigenvalue weighted by molar-refractivity contribution is 5.73. The maximum absolute atomic E-state index is 12.7. The van der Waals surface area contributed by atoms with Crippen LogP contribution >= 0.6 is 0 Å². The third-order valence-corrected chi connectivity index (χ3v) is 9.67. The molecule has 1 aliphatic rings. The van der Waals surface area contributed by atoms with Crippen molar-refractivity contribution in [2.75, 3.05) is 36.4 Å². The Labute approximate surface area is 283 Å². The van der Waals surface area contributed by atoms with Crippen molar-refractivity contribution in [3.8, 4) is 0 Å². The van der Waals surface area contributed by atoms with Crippen LogP contribution in [0.3, 0.4) is 0 Å². The number of nitrogens with one attached hydrogen (secondary N) is 2. The van der Waals surface area contributed by atoms with Crippen LogP contribution in [0.2, 0.25) is 0 Å². The quantitative estimate of drug-likeness (QED) is 0.0972. The van der Waals surface area contributed by atoms with Crippen molar-refractivity contribution in [3.63, 3.8) is 0 Å². The Kier molecular flexibility index (Phi) is 13.2. The lowest BCUT2D eigenvalue weighted by molar-refractivity contribution is -0.137. The number of nitrogens with zero attached hydrogens (tertiary/aromatic N) is 6. The topological polar surface area (TPSA) is 77.4 Å². The molecule has 48 heavy (non-hydrogen) atoms. The van der Waals surface area contributed by atoms with E-state index in [-0.39, 0.29) is 0 Å². The molecule has 0 aliphatic carbocycles. The van der Waals surface area contributed by atoms with E-state index >= 15 is 0 Å². The van der Waals surface area contributed by atoms with Gasteiger partial charge in [-0.3, -0.25) is 10.00 Å². The first-order valence-corrected chi connectivity index (χ1v) is 18.1. The zero-order valence-corrected chi connectivity index (χ0v) is 28.7. The number of aromatic amines is 1. The van der Waals surface area contributed by atoms with E-state index in [1.165, 1.54) is 82.8 Å². The number of aryl methyl sites for hydroxylation is 2. The van der Waals surface area contributed by atoms with Gasteiger partial charge in [0, 0.05) is 50.2 Å². The van der Waals surface area contributed by atoms with E-state index in [0.29, 0.717) is 6.04 Å². The first-order valence-electron chi connectivity index (χ1n) is 18.1. The van der Waals surface area contributed by atoms with Crippen molar-refractivity contribution in [2.45, 2.75) is 116 Å². The number of unbranched alkanes of at least 4 members (excludes halogenated alkanes) is 11. The fourth-order valence-electron chi connectivity index (χ4n) is 6.69. The van der Waals surface area contributed by atoms with E-state index in [4.69, 9.17) is 10.1 Å². The summed E-state index contributed by atoms with van der Waals surface area (Å²) in [5, 5.41) is 15.4. The molecule has 1 aromatic carbocycles. The highest BCUT2D eigenvalue weighted by Gasteiger charge is 2.30. The van der Waals surface area contributed by atoms with Crippen LogP contribution in [0.4, 0.5) is 30.8 Å². The lowest BCUT2D eigenvalue weighted by Gasteiger charge is -2.38. The average Bonchev–Trinajstić information content (AvgIpc) is 3.73. The highest BCUT2D eigenvalue weighted by Crippen LogP contribution is 2.29. The zero-order valence-electron chi connectivity index (χ0n) is 28.7. The van der Waals surface area contributed by atoms with Crippen LogP contribution in [0.1, 0.15) is 107 Å². The number of hydrogen-bond donors (Lipinski definition) is 2. The van der Waals surface area contributed by atoms with Gasteiger partial charge in [0.2, 0.25) is 5.95 Å². The SMILES string of the molecule is Cc1cc(Nc2nc(N3CCN(C(C)CCCCCCCCCCCCCCc4ccc(C(F)(F)F)cc4)CC3)nn3cccc23)n[nH]1. The largest absolute Gasteiger partial charge is 0.416 e. The Hall–Kier alpha value is -3.60. The molecule has 1 atom stereocenters. The Morgan fingerprint density at radius 3 is 2.06 bits per heavy atom. The van der Waals surface area contributed by atoms with E-state index in [2.05, 4.69) is 32.2 Å². The van der Waals surface area contributed by atoms with Gasteiger partial charge in [0.25, 0.3) is 0 Å². The molecule has 1 unspecified atom stereocenters. The molecular formula is C37H53F3N8. The van der Waals surface area contributed by atoms with Crippen molar-refractivity contribution >= 4 is 23.1 Å². The second kappa shape index (κ2) is 17.7. The van der Waals surface area contributed by atoms with E-state index in [0.717, 1.165) is 79.8 Å². The fourth-order valence-corrected chi connectivity index (χ4v) is 6.69. The van der Waals surface area contributed by atoms with Gasteiger partial charge < -0.3 is 10.2 Å². The second-order valence-electron chi connectivity index (χ2n) is 13.5. The van der Waals surface area contributed by atoms with Gasteiger partial charge in [-0.25, -0.2) is 4.52 Å². The molecular weight excluding hydrogens is 613 g/mol. The molecule has 5 rings (SSSR count). The summed E-state index contributed by atoms with van der Waals surface area (Å²) in [5.74, 6) is 2.26. The molecule has 0 amide bonds. The van der Waals surface area contributed by atoms with Crippen LogP contribution < -0.4 is 10.2 Å². The second-order valence-corrected chi connectivity index (χ2v) is 13.5. The highest BCUT2D eigenvalue weighted by atomic mass is 19.4. The van der Waals surface area contributed by atoms with Gasteiger partial charge in [-0.15, -0.1) is 5.10 Å². The number of rotatable bonds is 19. The van der Waals surface area contributed by atoms with E-state index < -0.39 is 11.7 Å². The number of alkyl halides is 3. The Bertz CT molecular complexity index is 1510. The lowest BCUT2D eigenvalue weighted by Crippen LogP contribution is -2.50. The molecule has 262 valence electrons.